The van der Waals surface area contributed by atoms with E-state index in [-0.39, 0.29) is 5.56 Å². The fraction of sp³-hybridized carbons (Fsp3) is 0.400. The van der Waals surface area contributed by atoms with Gasteiger partial charge in [0, 0.05) is 13.2 Å². The SMILES string of the molecule is COC(=O)[C@H](C)n1cc(C#N)c(=O)n(C)c1=O. The summed E-state index contributed by atoms with van der Waals surface area (Å²) in [6.07, 6.45) is 1.06. The lowest BCUT2D eigenvalue weighted by molar-refractivity contribution is -0.144. The molecule has 0 spiro atoms. The number of hydrogen-bond donors (Lipinski definition) is 0. The molecule has 0 aromatic carbocycles. The van der Waals surface area contributed by atoms with Crippen molar-refractivity contribution in [3.05, 3.63) is 32.6 Å². The number of ether oxygens (including phenoxy) is 1. The second-order valence-electron chi connectivity index (χ2n) is 3.41. The Morgan fingerprint density at radius 3 is 2.59 bits per heavy atom. The van der Waals surface area contributed by atoms with Crippen LogP contribution in [0, 0.1) is 11.3 Å². The van der Waals surface area contributed by atoms with Crippen molar-refractivity contribution in [2.75, 3.05) is 7.11 Å². The summed E-state index contributed by atoms with van der Waals surface area (Å²) in [7, 11) is 2.43. The van der Waals surface area contributed by atoms with E-state index in [9.17, 15) is 14.4 Å². The van der Waals surface area contributed by atoms with Crippen LogP contribution in [-0.2, 0) is 16.6 Å². The van der Waals surface area contributed by atoms with Crippen molar-refractivity contribution in [2.45, 2.75) is 13.0 Å². The zero-order valence-corrected chi connectivity index (χ0v) is 9.63. The smallest absolute Gasteiger partial charge is 0.331 e. The molecule has 90 valence electrons. The molecule has 0 amide bonds. The van der Waals surface area contributed by atoms with E-state index in [0.29, 0.717) is 0 Å². The molecule has 17 heavy (non-hydrogen) atoms. The number of methoxy groups -OCH3 is 1. The third-order valence-corrected chi connectivity index (χ3v) is 2.39. The maximum atomic E-state index is 11.7. The van der Waals surface area contributed by atoms with Crippen molar-refractivity contribution in [3.8, 4) is 6.07 Å². The molecular weight excluding hydrogens is 226 g/mol. The molecule has 0 saturated heterocycles. The highest BCUT2D eigenvalue weighted by molar-refractivity contribution is 5.73. The second-order valence-corrected chi connectivity index (χ2v) is 3.41. The second kappa shape index (κ2) is 4.65. The van der Waals surface area contributed by atoms with E-state index in [4.69, 9.17) is 5.26 Å². The molecule has 7 heteroatoms. The highest BCUT2D eigenvalue weighted by Crippen LogP contribution is 2.03. The Bertz CT molecular complexity index is 605. The molecule has 1 rings (SSSR count). The van der Waals surface area contributed by atoms with E-state index in [1.54, 1.807) is 6.07 Å². The van der Waals surface area contributed by atoms with Crippen LogP contribution in [0.4, 0.5) is 0 Å². The van der Waals surface area contributed by atoms with Crippen LogP contribution < -0.4 is 11.2 Å². The van der Waals surface area contributed by atoms with Crippen molar-refractivity contribution >= 4 is 5.97 Å². The number of aromatic nitrogens is 2. The first-order valence-electron chi connectivity index (χ1n) is 4.74. The van der Waals surface area contributed by atoms with Crippen LogP contribution >= 0.6 is 0 Å². The Morgan fingerprint density at radius 1 is 1.53 bits per heavy atom. The minimum atomic E-state index is -0.897. The molecule has 0 aliphatic carbocycles. The summed E-state index contributed by atoms with van der Waals surface area (Å²) in [5.41, 5.74) is -1.57. The molecule has 1 aromatic rings. The van der Waals surface area contributed by atoms with Crippen LogP contribution in [0.15, 0.2) is 15.8 Å². The van der Waals surface area contributed by atoms with Crippen LogP contribution in [-0.4, -0.2) is 22.2 Å². The van der Waals surface area contributed by atoms with E-state index in [2.05, 4.69) is 4.74 Å². The van der Waals surface area contributed by atoms with Gasteiger partial charge < -0.3 is 4.74 Å². The van der Waals surface area contributed by atoms with E-state index in [0.717, 1.165) is 15.3 Å². The highest BCUT2D eigenvalue weighted by atomic mass is 16.5. The Hall–Kier alpha value is -2.36. The zero-order valence-electron chi connectivity index (χ0n) is 9.63. The van der Waals surface area contributed by atoms with Crippen molar-refractivity contribution in [3.63, 3.8) is 0 Å². The molecule has 0 bridgehead atoms. The van der Waals surface area contributed by atoms with Crippen LogP contribution in [0.1, 0.15) is 18.5 Å². The Labute approximate surface area is 96.5 Å². The summed E-state index contributed by atoms with van der Waals surface area (Å²) in [6.45, 7) is 1.44. The van der Waals surface area contributed by atoms with Crippen LogP contribution in [0.2, 0.25) is 0 Å². The fourth-order valence-electron chi connectivity index (χ4n) is 1.33. The molecule has 0 aliphatic heterocycles. The molecule has 7 nitrogen and oxygen atoms in total. The first-order chi connectivity index (χ1) is 7.93. The summed E-state index contributed by atoms with van der Waals surface area (Å²) in [5, 5.41) is 8.74. The topological polar surface area (TPSA) is 94.1 Å². The van der Waals surface area contributed by atoms with Gasteiger partial charge in [0.2, 0.25) is 0 Å². The van der Waals surface area contributed by atoms with Crippen LogP contribution in [0.5, 0.6) is 0 Å². The minimum absolute atomic E-state index is 0.206. The predicted molar refractivity (Wildman–Crippen MR) is 57.4 cm³/mol. The molecule has 1 aromatic heterocycles. The third kappa shape index (κ3) is 2.10. The van der Waals surface area contributed by atoms with E-state index < -0.39 is 23.3 Å². The third-order valence-electron chi connectivity index (χ3n) is 2.39. The van der Waals surface area contributed by atoms with Gasteiger partial charge in [0.05, 0.1) is 7.11 Å². The number of nitrogens with zero attached hydrogens (tertiary/aromatic N) is 3. The zero-order chi connectivity index (χ0) is 13.2. The van der Waals surface area contributed by atoms with Gasteiger partial charge in [-0.3, -0.25) is 13.9 Å². The van der Waals surface area contributed by atoms with Gasteiger partial charge in [-0.1, -0.05) is 0 Å². The summed E-state index contributed by atoms with van der Waals surface area (Å²) in [5.74, 6) is -0.630. The van der Waals surface area contributed by atoms with Gasteiger partial charge in [0.15, 0.2) is 0 Å². The first-order valence-corrected chi connectivity index (χ1v) is 4.74. The van der Waals surface area contributed by atoms with Crippen molar-refractivity contribution in [1.82, 2.24) is 9.13 Å². The van der Waals surface area contributed by atoms with Crippen molar-refractivity contribution in [1.29, 1.82) is 5.26 Å². The monoisotopic (exact) mass is 237 g/mol. The van der Waals surface area contributed by atoms with Crippen LogP contribution in [0.25, 0.3) is 0 Å². The van der Waals surface area contributed by atoms with Gasteiger partial charge in [0.25, 0.3) is 5.56 Å². The highest BCUT2D eigenvalue weighted by Gasteiger charge is 2.19. The molecule has 0 fully saturated rings. The van der Waals surface area contributed by atoms with Crippen molar-refractivity contribution < 1.29 is 9.53 Å². The number of carbonyl (C=O) groups excluding carboxylic acids is 1. The first kappa shape index (κ1) is 12.7. The van der Waals surface area contributed by atoms with Crippen LogP contribution in [0.3, 0.4) is 0 Å². The summed E-state index contributed by atoms with van der Waals surface area (Å²) in [4.78, 5) is 34.5. The summed E-state index contributed by atoms with van der Waals surface area (Å²) in [6, 6.07) is 0.773. The Kier molecular flexibility index (Phi) is 3.48. The quantitative estimate of drug-likeness (QED) is 0.624. The molecule has 0 saturated carbocycles. The van der Waals surface area contributed by atoms with E-state index >= 15 is 0 Å². The largest absolute Gasteiger partial charge is 0.467 e. The Balaban J connectivity index is 3.52. The van der Waals surface area contributed by atoms with E-state index in [1.807, 2.05) is 0 Å². The lowest BCUT2D eigenvalue weighted by Crippen LogP contribution is -2.41. The molecule has 0 radical (unpaired) electrons. The normalized spacial score (nSPS) is 11.6. The molecule has 0 N–H and O–H groups in total. The summed E-state index contributed by atoms with van der Waals surface area (Å²) < 4.78 is 6.26. The number of rotatable bonds is 2. The maximum absolute atomic E-state index is 11.7. The van der Waals surface area contributed by atoms with Gasteiger partial charge in [-0.25, -0.2) is 9.59 Å². The number of nitriles is 1. The molecule has 0 aliphatic rings. The number of carbonyl (C=O) groups is 1. The van der Waals surface area contributed by atoms with Gasteiger partial charge in [-0.05, 0) is 6.92 Å². The lowest BCUT2D eigenvalue weighted by atomic mass is 10.3. The maximum Gasteiger partial charge on any atom is 0.331 e. The van der Waals surface area contributed by atoms with Gasteiger partial charge in [-0.15, -0.1) is 0 Å². The Morgan fingerprint density at radius 2 is 2.12 bits per heavy atom. The van der Waals surface area contributed by atoms with Gasteiger partial charge >= 0.3 is 11.7 Å². The molecule has 1 atom stereocenters. The molecular formula is C10H11N3O4. The average molecular weight is 237 g/mol. The number of esters is 1. The molecule has 1 heterocycles. The van der Waals surface area contributed by atoms with Crippen molar-refractivity contribution in [2.24, 2.45) is 7.05 Å². The van der Waals surface area contributed by atoms with Gasteiger partial charge in [-0.2, -0.15) is 5.26 Å². The van der Waals surface area contributed by atoms with Gasteiger partial charge in [0.1, 0.15) is 17.7 Å². The lowest BCUT2D eigenvalue weighted by Gasteiger charge is -2.13. The fourth-order valence-corrected chi connectivity index (χ4v) is 1.33. The standard InChI is InChI=1S/C10H11N3O4/c1-6(9(15)17-3)13-5-7(4-11)8(14)12(2)10(13)16/h5-6H,1-3H3/t6-/m0/s1. The molecule has 0 unspecified atom stereocenters. The number of hydrogen-bond acceptors (Lipinski definition) is 5. The average Bonchev–Trinajstić information content (AvgIpc) is 2.34. The van der Waals surface area contributed by atoms with E-state index in [1.165, 1.54) is 21.1 Å². The summed E-state index contributed by atoms with van der Waals surface area (Å²) >= 11 is 0. The predicted octanol–water partition coefficient (Wildman–Crippen LogP) is -0.847. The minimum Gasteiger partial charge on any atom is -0.467 e.